The fourth-order valence-electron chi connectivity index (χ4n) is 3.59. The molecule has 3 rings (SSSR count). The molecule has 32 heavy (non-hydrogen) atoms. The van der Waals surface area contributed by atoms with Gasteiger partial charge in [0.2, 0.25) is 10.0 Å². The highest BCUT2D eigenvalue weighted by Crippen LogP contribution is 2.30. The fourth-order valence-corrected chi connectivity index (χ4v) is 5.10. The maximum absolute atomic E-state index is 13.1. The van der Waals surface area contributed by atoms with Gasteiger partial charge in [-0.25, -0.2) is 13.4 Å². The summed E-state index contributed by atoms with van der Waals surface area (Å²) in [6, 6.07) is 6.46. The highest BCUT2D eigenvalue weighted by molar-refractivity contribution is 7.89. The number of anilines is 1. The summed E-state index contributed by atoms with van der Waals surface area (Å²) in [7, 11) is -0.286. The van der Waals surface area contributed by atoms with Gasteiger partial charge in [0.05, 0.1) is 21.7 Å². The van der Waals surface area contributed by atoms with E-state index in [-0.39, 0.29) is 30.4 Å². The van der Waals surface area contributed by atoms with E-state index >= 15 is 0 Å². The van der Waals surface area contributed by atoms with E-state index in [4.69, 9.17) is 0 Å². The standard InChI is InChI=1S/C21H25F3N4O3S/c1-14-13-27(32(30,31)17-7-5-16(6-8-17)21(22,23)24)11-12-28(14)20(29)18-9-10-19(26(3)4)25-15(18)2/h5-10,14H,11-13H2,1-4H3/t14-/m0/s1. The van der Waals surface area contributed by atoms with E-state index in [9.17, 15) is 26.4 Å². The zero-order chi connectivity index (χ0) is 23.8. The second kappa shape index (κ2) is 8.70. The predicted octanol–water partition coefficient (Wildman–Crippen LogP) is 3.01. The zero-order valence-corrected chi connectivity index (χ0v) is 19.0. The molecule has 0 bridgehead atoms. The lowest BCUT2D eigenvalue weighted by atomic mass is 10.1. The molecule has 174 valence electrons. The molecule has 7 nitrogen and oxygen atoms in total. The Labute approximate surface area is 185 Å². The number of hydrogen-bond acceptors (Lipinski definition) is 5. The van der Waals surface area contributed by atoms with Crippen molar-refractivity contribution in [1.82, 2.24) is 14.2 Å². The average molecular weight is 471 g/mol. The van der Waals surface area contributed by atoms with Crippen LogP contribution in [0.15, 0.2) is 41.3 Å². The number of aromatic nitrogens is 1. The van der Waals surface area contributed by atoms with Gasteiger partial charge < -0.3 is 9.80 Å². The van der Waals surface area contributed by atoms with Crippen LogP contribution in [-0.2, 0) is 16.2 Å². The summed E-state index contributed by atoms with van der Waals surface area (Å²) in [6.45, 7) is 3.73. The molecule has 1 atom stereocenters. The summed E-state index contributed by atoms with van der Waals surface area (Å²) >= 11 is 0. The van der Waals surface area contributed by atoms with Crippen LogP contribution in [-0.4, -0.2) is 68.3 Å². The summed E-state index contributed by atoms with van der Waals surface area (Å²) in [6.07, 6.45) is -4.54. The third kappa shape index (κ3) is 4.73. The molecule has 1 fully saturated rings. The summed E-state index contributed by atoms with van der Waals surface area (Å²) in [5.41, 5.74) is 0.110. The Morgan fingerprint density at radius 1 is 1.09 bits per heavy atom. The van der Waals surface area contributed by atoms with Gasteiger partial charge in [0, 0.05) is 39.8 Å². The van der Waals surface area contributed by atoms with E-state index in [1.54, 1.807) is 30.9 Å². The van der Waals surface area contributed by atoms with Crippen LogP contribution in [0, 0.1) is 6.92 Å². The molecule has 2 aromatic rings. The number of alkyl halides is 3. The van der Waals surface area contributed by atoms with Gasteiger partial charge in [-0.1, -0.05) is 0 Å². The van der Waals surface area contributed by atoms with E-state index in [0.717, 1.165) is 30.1 Å². The topological polar surface area (TPSA) is 73.8 Å². The van der Waals surface area contributed by atoms with Crippen LogP contribution in [0.3, 0.4) is 0 Å². The average Bonchev–Trinajstić information content (AvgIpc) is 2.72. The highest BCUT2D eigenvalue weighted by atomic mass is 32.2. The Morgan fingerprint density at radius 3 is 2.22 bits per heavy atom. The van der Waals surface area contributed by atoms with Gasteiger partial charge in [-0.15, -0.1) is 0 Å². The summed E-state index contributed by atoms with van der Waals surface area (Å²) < 4.78 is 65.3. The first-order valence-corrected chi connectivity index (χ1v) is 11.4. The minimum Gasteiger partial charge on any atom is -0.363 e. The van der Waals surface area contributed by atoms with Gasteiger partial charge in [0.25, 0.3) is 5.91 Å². The van der Waals surface area contributed by atoms with Gasteiger partial charge >= 0.3 is 6.18 Å². The molecule has 0 radical (unpaired) electrons. The van der Waals surface area contributed by atoms with E-state index in [2.05, 4.69) is 4.98 Å². The van der Waals surface area contributed by atoms with Crippen LogP contribution in [0.5, 0.6) is 0 Å². The number of halogens is 3. The molecule has 0 aliphatic carbocycles. The minimum absolute atomic E-state index is 0.0390. The normalized spacial score (nSPS) is 18.0. The molecule has 1 aliphatic rings. The molecule has 0 N–H and O–H groups in total. The summed E-state index contributed by atoms with van der Waals surface area (Å²) in [5, 5.41) is 0. The third-order valence-corrected chi connectivity index (χ3v) is 7.31. The van der Waals surface area contributed by atoms with Crippen molar-refractivity contribution in [2.45, 2.75) is 31.0 Å². The predicted molar refractivity (Wildman–Crippen MR) is 114 cm³/mol. The smallest absolute Gasteiger partial charge is 0.363 e. The van der Waals surface area contributed by atoms with Crippen LogP contribution in [0.2, 0.25) is 0 Å². The molecule has 0 saturated carbocycles. The van der Waals surface area contributed by atoms with Gasteiger partial charge in [-0.05, 0) is 50.2 Å². The molecule has 0 unspecified atom stereocenters. The second-order valence-corrected chi connectivity index (χ2v) is 9.87. The van der Waals surface area contributed by atoms with Crippen LogP contribution < -0.4 is 4.90 Å². The lowest BCUT2D eigenvalue weighted by Gasteiger charge is -2.39. The highest BCUT2D eigenvalue weighted by Gasteiger charge is 2.36. The van der Waals surface area contributed by atoms with E-state index < -0.39 is 27.8 Å². The Kier molecular flexibility index (Phi) is 6.52. The second-order valence-electron chi connectivity index (χ2n) is 7.93. The third-order valence-electron chi connectivity index (χ3n) is 5.43. The maximum Gasteiger partial charge on any atom is 0.416 e. The van der Waals surface area contributed by atoms with Crippen LogP contribution >= 0.6 is 0 Å². The number of nitrogens with zero attached hydrogens (tertiary/aromatic N) is 4. The van der Waals surface area contributed by atoms with Crippen LogP contribution in [0.25, 0.3) is 0 Å². The quantitative estimate of drug-likeness (QED) is 0.687. The monoisotopic (exact) mass is 470 g/mol. The Hall–Kier alpha value is -2.66. The molecule has 0 spiro atoms. The molecular weight excluding hydrogens is 445 g/mol. The van der Waals surface area contributed by atoms with Crippen molar-refractivity contribution in [3.05, 3.63) is 53.2 Å². The van der Waals surface area contributed by atoms with Gasteiger partial charge in [-0.3, -0.25) is 4.79 Å². The zero-order valence-electron chi connectivity index (χ0n) is 18.2. The number of pyridine rings is 1. The number of aryl methyl sites for hydroxylation is 1. The number of carbonyl (C=O) groups excluding carboxylic acids is 1. The van der Waals surface area contributed by atoms with E-state index in [1.165, 1.54) is 4.31 Å². The Bertz CT molecular complexity index is 1100. The molecule has 1 aromatic carbocycles. The minimum atomic E-state index is -4.54. The largest absolute Gasteiger partial charge is 0.416 e. The molecular formula is C21H25F3N4O3S. The van der Waals surface area contributed by atoms with Crippen molar-refractivity contribution in [3.8, 4) is 0 Å². The molecule has 11 heteroatoms. The number of benzene rings is 1. The van der Waals surface area contributed by atoms with Crippen molar-refractivity contribution in [2.75, 3.05) is 38.6 Å². The first-order chi connectivity index (χ1) is 14.8. The van der Waals surface area contributed by atoms with E-state index in [1.807, 2.05) is 19.0 Å². The van der Waals surface area contributed by atoms with Gasteiger partial charge in [0.1, 0.15) is 5.82 Å². The summed E-state index contributed by atoms with van der Waals surface area (Å²) in [4.78, 5) is 20.7. The lowest BCUT2D eigenvalue weighted by Crippen LogP contribution is -2.55. The number of carbonyl (C=O) groups is 1. The number of rotatable bonds is 4. The number of amides is 1. The van der Waals surface area contributed by atoms with Crippen molar-refractivity contribution in [3.63, 3.8) is 0 Å². The lowest BCUT2D eigenvalue weighted by molar-refractivity contribution is -0.137. The Balaban J connectivity index is 1.75. The number of hydrogen-bond donors (Lipinski definition) is 0. The van der Waals surface area contributed by atoms with E-state index in [0.29, 0.717) is 11.3 Å². The molecule has 1 saturated heterocycles. The summed E-state index contributed by atoms with van der Waals surface area (Å²) in [5.74, 6) is 0.485. The van der Waals surface area contributed by atoms with Crippen molar-refractivity contribution >= 4 is 21.7 Å². The Morgan fingerprint density at radius 2 is 1.72 bits per heavy atom. The van der Waals surface area contributed by atoms with Crippen molar-refractivity contribution in [1.29, 1.82) is 0 Å². The van der Waals surface area contributed by atoms with Crippen LogP contribution in [0.1, 0.15) is 28.5 Å². The molecule has 1 aliphatic heterocycles. The van der Waals surface area contributed by atoms with Crippen molar-refractivity contribution < 1.29 is 26.4 Å². The van der Waals surface area contributed by atoms with Crippen molar-refractivity contribution in [2.24, 2.45) is 0 Å². The number of sulfonamides is 1. The maximum atomic E-state index is 13.1. The van der Waals surface area contributed by atoms with Gasteiger partial charge in [-0.2, -0.15) is 17.5 Å². The fraction of sp³-hybridized carbons (Fsp3) is 0.429. The van der Waals surface area contributed by atoms with Gasteiger partial charge in [0.15, 0.2) is 0 Å². The number of piperazine rings is 1. The molecule has 1 aromatic heterocycles. The van der Waals surface area contributed by atoms with Crippen LogP contribution in [0.4, 0.5) is 19.0 Å². The first kappa shape index (κ1) is 24.0. The molecule has 2 heterocycles. The molecule has 1 amide bonds. The SMILES string of the molecule is Cc1nc(N(C)C)ccc1C(=O)N1CCN(S(=O)(=O)c2ccc(C(F)(F)F)cc2)C[C@@H]1C. The first-order valence-electron chi connectivity index (χ1n) is 9.95.